The zero-order valence-electron chi connectivity index (χ0n) is 17.4. The molecule has 1 unspecified atom stereocenters. The highest BCUT2D eigenvalue weighted by Gasteiger charge is 2.22. The van der Waals surface area contributed by atoms with Gasteiger partial charge in [-0.05, 0) is 60.4 Å². The fraction of sp³-hybridized carbons (Fsp3) is 0.318. The van der Waals surface area contributed by atoms with Gasteiger partial charge in [-0.15, -0.1) is 0 Å². The maximum atomic E-state index is 12.6. The summed E-state index contributed by atoms with van der Waals surface area (Å²) in [4.78, 5) is 25.1. The van der Waals surface area contributed by atoms with Gasteiger partial charge in [0.2, 0.25) is 0 Å². The first kappa shape index (κ1) is 23.2. The fourth-order valence-corrected chi connectivity index (χ4v) is 2.85. The lowest BCUT2D eigenvalue weighted by atomic mass is 10.0. The monoisotopic (exact) mass is 431 g/mol. The Hall–Kier alpha value is -3.06. The molecule has 2 aromatic carbocycles. The summed E-state index contributed by atoms with van der Waals surface area (Å²) in [6.45, 7) is 3.95. The van der Waals surface area contributed by atoms with E-state index in [1.807, 2.05) is 13.8 Å². The predicted molar refractivity (Wildman–Crippen MR) is 117 cm³/mol. The van der Waals surface area contributed by atoms with E-state index in [2.05, 4.69) is 15.8 Å². The summed E-state index contributed by atoms with van der Waals surface area (Å²) in [7, 11) is 3.10. The van der Waals surface area contributed by atoms with Gasteiger partial charge in [0, 0.05) is 10.6 Å². The Bertz CT molecular complexity index is 898. The third-order valence-electron chi connectivity index (χ3n) is 4.23. The van der Waals surface area contributed by atoms with Gasteiger partial charge in [-0.25, -0.2) is 5.43 Å². The molecule has 0 spiro atoms. The van der Waals surface area contributed by atoms with Crippen LogP contribution in [0.25, 0.3) is 0 Å². The van der Waals surface area contributed by atoms with Gasteiger partial charge in [0.15, 0.2) is 11.5 Å². The summed E-state index contributed by atoms with van der Waals surface area (Å²) in [5.74, 6) is 0.599. The standard InChI is InChI=1S/C22H26ClN3O4/c1-14(2)11-18(25-21(27)16-6-8-17(23)9-7-16)22(28)26-24-13-15-5-10-19(29-3)20(12-15)30-4/h5-10,12-14,18H,11H2,1-4H3,(H,25,27)(H,26,28). The Kier molecular flexibility index (Phi) is 8.68. The Morgan fingerprint density at radius 1 is 1.07 bits per heavy atom. The largest absolute Gasteiger partial charge is 0.493 e. The summed E-state index contributed by atoms with van der Waals surface area (Å²) in [6.07, 6.45) is 1.96. The molecule has 2 amide bonds. The first-order chi connectivity index (χ1) is 14.3. The third-order valence-corrected chi connectivity index (χ3v) is 4.48. The molecule has 0 fully saturated rings. The van der Waals surface area contributed by atoms with Gasteiger partial charge >= 0.3 is 0 Å². The van der Waals surface area contributed by atoms with E-state index in [0.29, 0.717) is 28.5 Å². The molecule has 8 heteroatoms. The summed E-state index contributed by atoms with van der Waals surface area (Å²) < 4.78 is 10.4. The van der Waals surface area contributed by atoms with Crippen molar-refractivity contribution in [1.82, 2.24) is 10.7 Å². The van der Waals surface area contributed by atoms with Crippen LogP contribution in [0.15, 0.2) is 47.6 Å². The molecule has 0 aliphatic carbocycles. The van der Waals surface area contributed by atoms with E-state index >= 15 is 0 Å². The van der Waals surface area contributed by atoms with Crippen LogP contribution < -0.4 is 20.2 Å². The van der Waals surface area contributed by atoms with E-state index in [-0.39, 0.29) is 11.8 Å². The van der Waals surface area contributed by atoms with Crippen molar-refractivity contribution in [1.29, 1.82) is 0 Å². The van der Waals surface area contributed by atoms with Crippen molar-refractivity contribution < 1.29 is 19.1 Å². The molecule has 2 aromatic rings. The van der Waals surface area contributed by atoms with Crippen molar-refractivity contribution in [3.8, 4) is 11.5 Å². The van der Waals surface area contributed by atoms with Crippen molar-refractivity contribution in [2.24, 2.45) is 11.0 Å². The molecule has 0 aliphatic rings. The van der Waals surface area contributed by atoms with E-state index in [0.717, 1.165) is 5.56 Å². The first-order valence-corrected chi connectivity index (χ1v) is 9.83. The van der Waals surface area contributed by atoms with Gasteiger partial charge in [-0.1, -0.05) is 25.4 Å². The molecule has 30 heavy (non-hydrogen) atoms. The number of nitrogens with zero attached hydrogens (tertiary/aromatic N) is 1. The fourth-order valence-electron chi connectivity index (χ4n) is 2.73. The lowest BCUT2D eigenvalue weighted by Crippen LogP contribution is -2.46. The molecule has 0 radical (unpaired) electrons. The summed E-state index contributed by atoms with van der Waals surface area (Å²) >= 11 is 5.86. The maximum Gasteiger partial charge on any atom is 0.262 e. The van der Waals surface area contributed by atoms with E-state index in [4.69, 9.17) is 21.1 Å². The molecule has 160 valence electrons. The molecule has 2 N–H and O–H groups in total. The topological polar surface area (TPSA) is 89.0 Å². The number of nitrogens with one attached hydrogen (secondary N) is 2. The highest BCUT2D eigenvalue weighted by molar-refractivity contribution is 6.30. The number of hydrogen-bond acceptors (Lipinski definition) is 5. The number of carbonyl (C=O) groups is 2. The molecule has 0 aromatic heterocycles. The van der Waals surface area contributed by atoms with Crippen LogP contribution in [0.1, 0.15) is 36.2 Å². The zero-order chi connectivity index (χ0) is 22.1. The molecule has 2 rings (SSSR count). The maximum absolute atomic E-state index is 12.6. The molecule has 0 aliphatic heterocycles. The average Bonchev–Trinajstić information content (AvgIpc) is 2.73. The van der Waals surface area contributed by atoms with Gasteiger partial charge in [0.1, 0.15) is 6.04 Å². The molecule has 0 saturated heterocycles. The van der Waals surface area contributed by atoms with Crippen LogP contribution in [0.5, 0.6) is 11.5 Å². The molecule has 0 bridgehead atoms. The molecule has 0 heterocycles. The van der Waals surface area contributed by atoms with E-state index in [1.165, 1.54) is 6.21 Å². The molecule has 1 atom stereocenters. The molecule has 0 saturated carbocycles. The molecular weight excluding hydrogens is 406 g/mol. The number of amides is 2. The zero-order valence-corrected chi connectivity index (χ0v) is 18.2. The number of hydrazone groups is 1. The van der Waals surface area contributed by atoms with Crippen molar-refractivity contribution in [3.05, 3.63) is 58.6 Å². The van der Waals surface area contributed by atoms with Crippen molar-refractivity contribution in [2.45, 2.75) is 26.3 Å². The van der Waals surface area contributed by atoms with E-state index in [1.54, 1.807) is 56.7 Å². The second-order valence-electron chi connectivity index (χ2n) is 7.01. The van der Waals surface area contributed by atoms with Gasteiger partial charge in [-0.2, -0.15) is 5.10 Å². The lowest BCUT2D eigenvalue weighted by Gasteiger charge is -2.19. The highest BCUT2D eigenvalue weighted by Crippen LogP contribution is 2.26. The normalized spacial score (nSPS) is 11.9. The highest BCUT2D eigenvalue weighted by atomic mass is 35.5. The van der Waals surface area contributed by atoms with Crippen molar-refractivity contribution in [2.75, 3.05) is 14.2 Å². The van der Waals surface area contributed by atoms with Crippen LogP contribution in [0.2, 0.25) is 5.02 Å². The van der Waals surface area contributed by atoms with E-state index in [9.17, 15) is 9.59 Å². The third kappa shape index (κ3) is 6.77. The van der Waals surface area contributed by atoms with Crippen LogP contribution in [-0.4, -0.2) is 38.3 Å². The average molecular weight is 432 g/mol. The number of methoxy groups -OCH3 is 2. The quantitative estimate of drug-likeness (QED) is 0.468. The second kappa shape index (κ2) is 11.2. The number of hydrogen-bond donors (Lipinski definition) is 2. The Labute approximate surface area is 181 Å². The summed E-state index contributed by atoms with van der Waals surface area (Å²) in [6, 6.07) is 11.0. The van der Waals surface area contributed by atoms with Gasteiger partial charge in [-0.3, -0.25) is 9.59 Å². The minimum Gasteiger partial charge on any atom is -0.493 e. The van der Waals surface area contributed by atoms with Crippen LogP contribution in [0.3, 0.4) is 0 Å². The number of carbonyl (C=O) groups excluding carboxylic acids is 2. The first-order valence-electron chi connectivity index (χ1n) is 9.45. The number of rotatable bonds is 9. The number of halogens is 1. The second-order valence-corrected chi connectivity index (χ2v) is 7.45. The van der Waals surface area contributed by atoms with Crippen LogP contribution >= 0.6 is 11.6 Å². The minimum atomic E-state index is -0.726. The SMILES string of the molecule is COc1ccc(C=NNC(=O)C(CC(C)C)NC(=O)c2ccc(Cl)cc2)cc1OC. The number of ether oxygens (including phenoxy) is 2. The van der Waals surface area contributed by atoms with Crippen LogP contribution in [0, 0.1) is 5.92 Å². The van der Waals surface area contributed by atoms with Crippen LogP contribution in [-0.2, 0) is 4.79 Å². The van der Waals surface area contributed by atoms with Gasteiger partial charge in [0.05, 0.1) is 20.4 Å². The van der Waals surface area contributed by atoms with Gasteiger partial charge in [0.25, 0.3) is 11.8 Å². The van der Waals surface area contributed by atoms with Gasteiger partial charge < -0.3 is 14.8 Å². The smallest absolute Gasteiger partial charge is 0.262 e. The molecular formula is C22H26ClN3O4. The summed E-state index contributed by atoms with van der Waals surface area (Å²) in [5, 5.41) is 7.30. The van der Waals surface area contributed by atoms with Crippen molar-refractivity contribution >= 4 is 29.6 Å². The lowest BCUT2D eigenvalue weighted by molar-refractivity contribution is -0.123. The summed E-state index contributed by atoms with van der Waals surface area (Å²) in [5.41, 5.74) is 3.64. The Balaban J connectivity index is 2.05. The Morgan fingerprint density at radius 3 is 2.33 bits per heavy atom. The van der Waals surface area contributed by atoms with Crippen molar-refractivity contribution in [3.63, 3.8) is 0 Å². The van der Waals surface area contributed by atoms with Crippen LogP contribution in [0.4, 0.5) is 0 Å². The Morgan fingerprint density at radius 2 is 1.73 bits per heavy atom. The van der Waals surface area contributed by atoms with E-state index < -0.39 is 11.9 Å². The number of benzene rings is 2. The minimum absolute atomic E-state index is 0.195. The predicted octanol–water partition coefficient (Wildman–Crippen LogP) is 3.65. The molecule has 7 nitrogen and oxygen atoms in total.